The van der Waals surface area contributed by atoms with Gasteiger partial charge in [-0.05, 0) is 37.7 Å². The van der Waals surface area contributed by atoms with Gasteiger partial charge in [-0.3, -0.25) is 4.79 Å². The van der Waals surface area contributed by atoms with Crippen LogP contribution < -0.4 is 15.8 Å². The molecule has 0 spiro atoms. The molecule has 1 saturated heterocycles. The molecule has 3 rings (SSSR count). The van der Waals surface area contributed by atoms with Crippen LogP contribution in [0.25, 0.3) is 0 Å². The van der Waals surface area contributed by atoms with E-state index in [0.29, 0.717) is 45.1 Å². The lowest BCUT2D eigenvalue weighted by molar-refractivity contribution is -0.136. The number of hydrogen-bond donors (Lipinski definition) is 2. The quantitative estimate of drug-likeness (QED) is 0.787. The minimum Gasteiger partial charge on any atom is -0.493 e. The van der Waals surface area contributed by atoms with Gasteiger partial charge in [-0.15, -0.1) is 12.4 Å². The van der Waals surface area contributed by atoms with Crippen molar-refractivity contribution < 1.29 is 14.3 Å². The summed E-state index contributed by atoms with van der Waals surface area (Å²) in [6.07, 6.45) is 3.91. The topological polar surface area (TPSA) is 73.6 Å². The fraction of sp³-hybridized carbons (Fsp3) is 0.611. The number of carbonyl (C=O) groups is 1. The molecule has 3 N–H and O–H groups in total. The van der Waals surface area contributed by atoms with E-state index < -0.39 is 5.41 Å². The molecule has 1 aromatic rings. The summed E-state index contributed by atoms with van der Waals surface area (Å²) in [5, 5.41) is 3.05. The van der Waals surface area contributed by atoms with Gasteiger partial charge in [-0.2, -0.15) is 0 Å². The van der Waals surface area contributed by atoms with Crippen LogP contribution in [0.5, 0.6) is 5.75 Å². The second-order valence-corrected chi connectivity index (χ2v) is 6.64. The fourth-order valence-corrected chi connectivity index (χ4v) is 2.93. The molecule has 0 bridgehead atoms. The Morgan fingerprint density at radius 2 is 2.00 bits per heavy atom. The maximum absolute atomic E-state index is 12.6. The largest absolute Gasteiger partial charge is 0.493 e. The van der Waals surface area contributed by atoms with E-state index in [0.717, 1.165) is 17.9 Å². The third-order valence-electron chi connectivity index (χ3n) is 4.91. The standard InChI is InChI=1S/C18H26N2O3.ClH/c19-13-18(7-9-22-10-8-18)17(21)20-11-15-3-1-2-4-16(15)23-12-14-5-6-14;/h1-4,14H,5-13,19H2,(H,20,21);1H. The first-order valence-corrected chi connectivity index (χ1v) is 8.50. The van der Waals surface area contributed by atoms with Crippen molar-refractivity contribution in [1.29, 1.82) is 0 Å². The number of halogens is 1. The van der Waals surface area contributed by atoms with Crippen LogP contribution in [0.3, 0.4) is 0 Å². The molecular weight excluding hydrogens is 328 g/mol. The first-order chi connectivity index (χ1) is 11.2. The first kappa shape index (κ1) is 19.0. The molecule has 2 aliphatic rings. The third kappa shape index (κ3) is 4.62. The number of amides is 1. The zero-order valence-electron chi connectivity index (χ0n) is 14.0. The number of ether oxygens (including phenoxy) is 2. The van der Waals surface area contributed by atoms with Gasteiger partial charge in [0.05, 0.1) is 12.0 Å². The Morgan fingerprint density at radius 3 is 2.67 bits per heavy atom. The van der Waals surface area contributed by atoms with Gasteiger partial charge < -0.3 is 20.5 Å². The number of nitrogens with one attached hydrogen (secondary N) is 1. The van der Waals surface area contributed by atoms with E-state index >= 15 is 0 Å². The molecule has 0 unspecified atom stereocenters. The van der Waals surface area contributed by atoms with Crippen LogP contribution in [0.1, 0.15) is 31.2 Å². The van der Waals surface area contributed by atoms with E-state index in [1.54, 1.807) is 0 Å². The van der Waals surface area contributed by atoms with Crippen LogP contribution in [0.15, 0.2) is 24.3 Å². The van der Waals surface area contributed by atoms with Crippen LogP contribution in [-0.4, -0.2) is 32.3 Å². The summed E-state index contributed by atoms with van der Waals surface area (Å²) >= 11 is 0. The second-order valence-electron chi connectivity index (χ2n) is 6.64. The Labute approximate surface area is 149 Å². The summed E-state index contributed by atoms with van der Waals surface area (Å²) in [6.45, 7) is 2.82. The molecule has 1 saturated carbocycles. The van der Waals surface area contributed by atoms with Gasteiger partial charge in [0.15, 0.2) is 0 Å². The van der Waals surface area contributed by atoms with Crippen molar-refractivity contribution in [3.63, 3.8) is 0 Å². The number of hydrogen-bond acceptors (Lipinski definition) is 4. The zero-order chi connectivity index (χ0) is 16.1. The molecule has 1 heterocycles. The van der Waals surface area contributed by atoms with Gasteiger partial charge in [0.2, 0.25) is 5.91 Å². The molecule has 0 atom stereocenters. The maximum Gasteiger partial charge on any atom is 0.227 e. The monoisotopic (exact) mass is 354 g/mol. The summed E-state index contributed by atoms with van der Waals surface area (Å²) < 4.78 is 11.3. The van der Waals surface area contributed by atoms with Crippen molar-refractivity contribution in [2.75, 3.05) is 26.4 Å². The molecule has 6 heteroatoms. The predicted octanol–water partition coefficient (Wildman–Crippen LogP) is 2.27. The van der Waals surface area contributed by atoms with Crippen LogP contribution in [0.2, 0.25) is 0 Å². The molecule has 1 aliphatic heterocycles. The summed E-state index contributed by atoms with van der Waals surface area (Å²) in [6, 6.07) is 7.91. The minimum atomic E-state index is -0.484. The lowest BCUT2D eigenvalue weighted by atomic mass is 9.79. The average molecular weight is 355 g/mol. The van der Waals surface area contributed by atoms with E-state index in [1.807, 2.05) is 24.3 Å². The van der Waals surface area contributed by atoms with Crippen LogP contribution >= 0.6 is 12.4 Å². The zero-order valence-corrected chi connectivity index (χ0v) is 14.8. The molecule has 24 heavy (non-hydrogen) atoms. The summed E-state index contributed by atoms with van der Waals surface area (Å²) in [5.41, 5.74) is 6.42. The highest BCUT2D eigenvalue weighted by atomic mass is 35.5. The molecular formula is C18H27ClN2O3. The van der Waals surface area contributed by atoms with Gasteiger partial charge in [0, 0.05) is 31.9 Å². The van der Waals surface area contributed by atoms with Crippen LogP contribution in [-0.2, 0) is 16.1 Å². The van der Waals surface area contributed by atoms with Crippen molar-refractivity contribution >= 4 is 18.3 Å². The molecule has 0 radical (unpaired) electrons. The average Bonchev–Trinajstić information content (AvgIpc) is 3.43. The van der Waals surface area contributed by atoms with Gasteiger partial charge in [0.25, 0.3) is 0 Å². The molecule has 0 aromatic heterocycles. The Hall–Kier alpha value is -1.30. The molecule has 5 nitrogen and oxygen atoms in total. The molecule has 1 amide bonds. The van der Waals surface area contributed by atoms with Crippen molar-refractivity contribution in [3.8, 4) is 5.75 Å². The molecule has 1 aromatic carbocycles. The maximum atomic E-state index is 12.6. The van der Waals surface area contributed by atoms with Gasteiger partial charge in [-0.1, -0.05) is 18.2 Å². The Morgan fingerprint density at radius 1 is 1.29 bits per heavy atom. The third-order valence-corrected chi connectivity index (χ3v) is 4.91. The summed E-state index contributed by atoms with van der Waals surface area (Å²) in [4.78, 5) is 12.6. The molecule has 134 valence electrons. The SMILES string of the molecule is Cl.NCC1(C(=O)NCc2ccccc2OCC2CC2)CCOCC1. The second kappa shape index (κ2) is 8.70. The Kier molecular flexibility index (Phi) is 6.90. The normalized spacial score (nSPS) is 19.2. The van der Waals surface area contributed by atoms with Crippen molar-refractivity contribution in [2.45, 2.75) is 32.2 Å². The van der Waals surface area contributed by atoms with Gasteiger partial charge >= 0.3 is 0 Å². The number of rotatable bonds is 7. The number of nitrogens with two attached hydrogens (primary N) is 1. The number of carbonyl (C=O) groups excluding carboxylic acids is 1. The van der Waals surface area contributed by atoms with Crippen LogP contribution in [0.4, 0.5) is 0 Å². The fourth-order valence-electron chi connectivity index (χ4n) is 2.93. The van der Waals surface area contributed by atoms with Gasteiger partial charge in [0.1, 0.15) is 5.75 Å². The first-order valence-electron chi connectivity index (χ1n) is 8.50. The highest BCUT2D eigenvalue weighted by Gasteiger charge is 2.38. The van der Waals surface area contributed by atoms with Crippen LogP contribution in [0, 0.1) is 11.3 Å². The highest BCUT2D eigenvalue weighted by Crippen LogP contribution is 2.31. The lowest BCUT2D eigenvalue weighted by Gasteiger charge is -2.34. The van der Waals surface area contributed by atoms with Crippen molar-refractivity contribution in [3.05, 3.63) is 29.8 Å². The van der Waals surface area contributed by atoms with E-state index in [9.17, 15) is 4.79 Å². The Balaban J connectivity index is 0.00000208. The smallest absolute Gasteiger partial charge is 0.227 e. The summed E-state index contributed by atoms with van der Waals surface area (Å²) in [5.74, 6) is 1.61. The summed E-state index contributed by atoms with van der Waals surface area (Å²) in [7, 11) is 0. The molecule has 1 aliphatic carbocycles. The van der Waals surface area contributed by atoms with E-state index in [-0.39, 0.29) is 18.3 Å². The predicted molar refractivity (Wildman–Crippen MR) is 95.3 cm³/mol. The van der Waals surface area contributed by atoms with Crippen molar-refractivity contribution in [1.82, 2.24) is 5.32 Å². The minimum absolute atomic E-state index is 0. The van der Waals surface area contributed by atoms with Gasteiger partial charge in [-0.25, -0.2) is 0 Å². The lowest BCUT2D eigenvalue weighted by Crippen LogP contribution is -2.49. The Bertz CT molecular complexity index is 543. The number of para-hydroxylation sites is 1. The highest BCUT2D eigenvalue weighted by molar-refractivity contribution is 5.85. The number of benzene rings is 1. The molecule has 2 fully saturated rings. The van der Waals surface area contributed by atoms with E-state index in [2.05, 4.69) is 5.32 Å². The van der Waals surface area contributed by atoms with Crippen molar-refractivity contribution in [2.24, 2.45) is 17.1 Å². The van der Waals surface area contributed by atoms with E-state index in [4.69, 9.17) is 15.2 Å². The van der Waals surface area contributed by atoms with E-state index in [1.165, 1.54) is 12.8 Å².